The van der Waals surface area contributed by atoms with E-state index in [-0.39, 0.29) is 17.7 Å². The molecule has 0 unspecified atom stereocenters. The van der Waals surface area contributed by atoms with E-state index in [1.165, 1.54) is 12.4 Å². The Hall–Kier alpha value is -1.62. The third-order valence-electron chi connectivity index (χ3n) is 4.08. The Kier molecular flexibility index (Phi) is 5.17. The summed E-state index contributed by atoms with van der Waals surface area (Å²) in [5, 5.41) is 12.3. The number of carboxylic acids is 1. The Morgan fingerprint density at radius 2 is 2.05 bits per heavy atom. The first-order chi connectivity index (χ1) is 10.0. The van der Waals surface area contributed by atoms with Crippen LogP contribution in [0.5, 0.6) is 0 Å². The third kappa shape index (κ3) is 4.17. The largest absolute Gasteiger partial charge is 0.481 e. The summed E-state index contributed by atoms with van der Waals surface area (Å²) in [6, 6.07) is 1.56. The Balaban J connectivity index is 2.03. The molecule has 6 heteroatoms. The molecule has 1 amide bonds. The Morgan fingerprint density at radius 1 is 1.33 bits per heavy atom. The van der Waals surface area contributed by atoms with Gasteiger partial charge in [-0.1, -0.05) is 30.9 Å². The highest BCUT2D eigenvalue weighted by Gasteiger charge is 2.34. The zero-order valence-electron chi connectivity index (χ0n) is 11.8. The summed E-state index contributed by atoms with van der Waals surface area (Å²) in [5.74, 6) is -1.12. The van der Waals surface area contributed by atoms with Crippen LogP contribution in [0.25, 0.3) is 0 Å². The third-order valence-corrected chi connectivity index (χ3v) is 4.41. The van der Waals surface area contributed by atoms with Gasteiger partial charge in [0, 0.05) is 18.9 Å². The molecule has 2 N–H and O–H groups in total. The van der Waals surface area contributed by atoms with Crippen molar-refractivity contribution in [3.63, 3.8) is 0 Å². The lowest BCUT2D eigenvalue weighted by Gasteiger charge is -2.36. The van der Waals surface area contributed by atoms with Crippen LogP contribution in [-0.4, -0.2) is 28.5 Å². The van der Waals surface area contributed by atoms with Crippen LogP contribution < -0.4 is 5.32 Å². The van der Waals surface area contributed by atoms with Crippen molar-refractivity contribution in [3.8, 4) is 0 Å². The number of carboxylic acid groups (broad SMARTS) is 1. The standard InChI is InChI=1S/C15H19ClN2O3/c16-12-4-7-17-9-11(12)14(21)18-10-15(8-13(19)20)5-2-1-3-6-15/h4,7,9H,1-3,5-6,8,10H2,(H,18,21)(H,19,20). The number of halogens is 1. The summed E-state index contributed by atoms with van der Waals surface area (Å²) < 4.78 is 0. The first-order valence-electron chi connectivity index (χ1n) is 7.12. The number of carbonyl (C=O) groups excluding carboxylic acids is 1. The Bertz CT molecular complexity index is 527. The Labute approximate surface area is 128 Å². The van der Waals surface area contributed by atoms with Crippen LogP contribution in [0.15, 0.2) is 18.5 Å². The normalized spacial score (nSPS) is 17.2. The van der Waals surface area contributed by atoms with Crippen molar-refractivity contribution in [1.82, 2.24) is 10.3 Å². The molecular formula is C15H19ClN2O3. The zero-order chi connectivity index (χ0) is 15.3. The number of carbonyl (C=O) groups is 2. The molecule has 1 aliphatic rings. The van der Waals surface area contributed by atoms with Gasteiger partial charge in [-0.05, 0) is 24.3 Å². The van der Waals surface area contributed by atoms with Crippen LogP contribution in [0.1, 0.15) is 48.9 Å². The Morgan fingerprint density at radius 3 is 2.67 bits per heavy atom. The van der Waals surface area contributed by atoms with Gasteiger partial charge < -0.3 is 10.4 Å². The van der Waals surface area contributed by atoms with Gasteiger partial charge in [-0.25, -0.2) is 0 Å². The smallest absolute Gasteiger partial charge is 0.303 e. The second kappa shape index (κ2) is 6.89. The molecule has 0 bridgehead atoms. The first-order valence-corrected chi connectivity index (χ1v) is 7.50. The van der Waals surface area contributed by atoms with E-state index >= 15 is 0 Å². The highest BCUT2D eigenvalue weighted by atomic mass is 35.5. The molecule has 0 spiro atoms. The maximum atomic E-state index is 12.2. The molecule has 1 aromatic heterocycles. The van der Waals surface area contributed by atoms with Crippen LogP contribution in [0, 0.1) is 5.41 Å². The molecule has 0 radical (unpaired) electrons. The summed E-state index contributed by atoms with van der Waals surface area (Å²) in [7, 11) is 0. The van der Waals surface area contributed by atoms with Gasteiger partial charge in [0.1, 0.15) is 0 Å². The second-order valence-corrected chi connectivity index (χ2v) is 6.08. The van der Waals surface area contributed by atoms with Crippen LogP contribution in [0.4, 0.5) is 0 Å². The van der Waals surface area contributed by atoms with Gasteiger partial charge in [0.05, 0.1) is 17.0 Å². The molecule has 1 heterocycles. The molecule has 21 heavy (non-hydrogen) atoms. The average molecular weight is 311 g/mol. The fourth-order valence-electron chi connectivity index (χ4n) is 2.95. The van der Waals surface area contributed by atoms with Gasteiger partial charge in [-0.15, -0.1) is 0 Å². The average Bonchev–Trinajstić information content (AvgIpc) is 2.46. The lowest BCUT2D eigenvalue weighted by atomic mass is 9.71. The molecule has 2 rings (SSSR count). The lowest BCUT2D eigenvalue weighted by Crippen LogP contribution is -2.40. The van der Waals surface area contributed by atoms with Crippen molar-refractivity contribution >= 4 is 23.5 Å². The number of rotatable bonds is 5. The van der Waals surface area contributed by atoms with Gasteiger partial charge in [-0.2, -0.15) is 0 Å². The number of aliphatic carboxylic acids is 1. The van der Waals surface area contributed by atoms with Gasteiger partial charge >= 0.3 is 5.97 Å². The van der Waals surface area contributed by atoms with Crippen molar-refractivity contribution in [2.75, 3.05) is 6.54 Å². The van der Waals surface area contributed by atoms with Crippen molar-refractivity contribution in [3.05, 3.63) is 29.0 Å². The molecule has 0 atom stereocenters. The fourth-order valence-corrected chi connectivity index (χ4v) is 3.14. The van der Waals surface area contributed by atoms with E-state index in [0.29, 0.717) is 17.1 Å². The number of hydrogen-bond acceptors (Lipinski definition) is 3. The SMILES string of the molecule is O=C(O)CC1(CNC(=O)c2cnccc2Cl)CCCCC1. The minimum absolute atomic E-state index is 0.0913. The molecule has 0 saturated heterocycles. The van der Waals surface area contributed by atoms with Gasteiger partial charge in [-0.3, -0.25) is 14.6 Å². The number of amides is 1. The number of hydrogen-bond donors (Lipinski definition) is 2. The van der Waals surface area contributed by atoms with Gasteiger partial charge in [0.25, 0.3) is 5.91 Å². The molecule has 0 aromatic carbocycles. The first kappa shape index (κ1) is 15.8. The second-order valence-electron chi connectivity index (χ2n) is 5.67. The molecule has 5 nitrogen and oxygen atoms in total. The number of pyridine rings is 1. The molecule has 0 aliphatic heterocycles. The van der Waals surface area contributed by atoms with Crippen LogP contribution >= 0.6 is 11.6 Å². The maximum Gasteiger partial charge on any atom is 0.303 e. The summed E-state index contributed by atoms with van der Waals surface area (Å²) in [5.41, 5.74) is -0.0190. The molecule has 1 saturated carbocycles. The highest BCUT2D eigenvalue weighted by molar-refractivity contribution is 6.33. The predicted molar refractivity (Wildman–Crippen MR) is 79.4 cm³/mol. The summed E-state index contributed by atoms with van der Waals surface area (Å²) in [4.78, 5) is 27.1. The molecule has 1 fully saturated rings. The number of aromatic nitrogens is 1. The molecule has 1 aromatic rings. The summed E-state index contributed by atoms with van der Waals surface area (Å²) in [6.45, 7) is 0.364. The highest BCUT2D eigenvalue weighted by Crippen LogP contribution is 2.38. The molecular weight excluding hydrogens is 292 g/mol. The minimum Gasteiger partial charge on any atom is -0.481 e. The van der Waals surface area contributed by atoms with E-state index in [9.17, 15) is 9.59 Å². The topological polar surface area (TPSA) is 79.3 Å². The van der Waals surface area contributed by atoms with E-state index in [2.05, 4.69) is 10.3 Å². The van der Waals surface area contributed by atoms with Crippen molar-refractivity contribution in [2.45, 2.75) is 38.5 Å². The van der Waals surface area contributed by atoms with Gasteiger partial charge in [0.2, 0.25) is 0 Å². The zero-order valence-corrected chi connectivity index (χ0v) is 12.5. The monoisotopic (exact) mass is 310 g/mol. The van der Waals surface area contributed by atoms with E-state index < -0.39 is 5.97 Å². The van der Waals surface area contributed by atoms with E-state index in [0.717, 1.165) is 32.1 Å². The van der Waals surface area contributed by atoms with Gasteiger partial charge in [0.15, 0.2) is 0 Å². The summed E-state index contributed by atoms with van der Waals surface area (Å²) in [6.07, 6.45) is 7.85. The van der Waals surface area contributed by atoms with Crippen molar-refractivity contribution in [2.24, 2.45) is 5.41 Å². The van der Waals surface area contributed by atoms with Crippen LogP contribution in [0.2, 0.25) is 5.02 Å². The minimum atomic E-state index is -0.814. The van der Waals surface area contributed by atoms with E-state index in [4.69, 9.17) is 16.7 Å². The van der Waals surface area contributed by atoms with Crippen LogP contribution in [-0.2, 0) is 4.79 Å². The van der Waals surface area contributed by atoms with Crippen molar-refractivity contribution in [1.29, 1.82) is 0 Å². The van der Waals surface area contributed by atoms with E-state index in [1.54, 1.807) is 6.07 Å². The van der Waals surface area contributed by atoms with Crippen molar-refractivity contribution < 1.29 is 14.7 Å². The summed E-state index contributed by atoms with van der Waals surface area (Å²) >= 11 is 5.96. The molecule has 1 aliphatic carbocycles. The quantitative estimate of drug-likeness (QED) is 0.876. The van der Waals surface area contributed by atoms with Crippen LogP contribution in [0.3, 0.4) is 0 Å². The fraction of sp³-hybridized carbons (Fsp3) is 0.533. The lowest BCUT2D eigenvalue weighted by molar-refractivity contribution is -0.140. The maximum absolute atomic E-state index is 12.2. The molecule has 114 valence electrons. The predicted octanol–water partition coefficient (Wildman–Crippen LogP) is 2.89. The number of nitrogens with one attached hydrogen (secondary N) is 1. The number of nitrogens with zero attached hydrogens (tertiary/aromatic N) is 1. The van der Waals surface area contributed by atoms with E-state index in [1.807, 2.05) is 0 Å².